The van der Waals surface area contributed by atoms with Crippen LogP contribution in [0.15, 0.2) is 40.9 Å². The molecule has 6 heteroatoms. The van der Waals surface area contributed by atoms with Crippen LogP contribution >= 0.6 is 15.9 Å². The zero-order valence-corrected chi connectivity index (χ0v) is 13.1. The van der Waals surface area contributed by atoms with Gasteiger partial charge in [0.2, 0.25) is 0 Å². The maximum Gasteiger partial charge on any atom is 0.282 e. The monoisotopic (exact) mass is 348 g/mol. The Hall–Kier alpha value is -2.21. The first kappa shape index (κ1) is 15.2. The lowest BCUT2D eigenvalue weighted by Gasteiger charge is -2.09. The van der Waals surface area contributed by atoms with Crippen molar-refractivity contribution < 1.29 is 9.72 Å². The standard InChI is InChI=1S/C15H13BrN2O3/c1-9-4-3-5-13(18(20)21)14(9)15(19)17-11-6-7-12(16)10(2)8-11/h3-8H,1-2H3,(H,17,19). The van der Waals surface area contributed by atoms with Gasteiger partial charge in [-0.25, -0.2) is 0 Å². The van der Waals surface area contributed by atoms with Crippen LogP contribution in [-0.2, 0) is 0 Å². The number of hydrogen-bond donors (Lipinski definition) is 1. The van der Waals surface area contributed by atoms with Crippen LogP contribution in [0, 0.1) is 24.0 Å². The smallest absolute Gasteiger partial charge is 0.282 e. The summed E-state index contributed by atoms with van der Waals surface area (Å²) in [5.74, 6) is -0.485. The highest BCUT2D eigenvalue weighted by Gasteiger charge is 2.22. The minimum Gasteiger partial charge on any atom is -0.322 e. The molecule has 0 saturated carbocycles. The molecule has 0 radical (unpaired) electrons. The van der Waals surface area contributed by atoms with E-state index in [0.717, 1.165) is 10.0 Å². The maximum absolute atomic E-state index is 12.3. The highest BCUT2D eigenvalue weighted by molar-refractivity contribution is 9.10. The lowest BCUT2D eigenvalue weighted by Crippen LogP contribution is -2.15. The minimum atomic E-state index is -0.547. The molecule has 0 bridgehead atoms. The molecule has 0 atom stereocenters. The molecule has 1 N–H and O–H groups in total. The largest absolute Gasteiger partial charge is 0.322 e. The molecule has 0 aliphatic carbocycles. The first-order valence-electron chi connectivity index (χ1n) is 6.21. The molecule has 2 aromatic rings. The lowest BCUT2D eigenvalue weighted by atomic mass is 10.1. The van der Waals surface area contributed by atoms with E-state index in [1.807, 2.05) is 13.0 Å². The molecule has 108 valence electrons. The Morgan fingerprint density at radius 2 is 1.90 bits per heavy atom. The number of hydrogen-bond acceptors (Lipinski definition) is 3. The number of carbonyl (C=O) groups is 1. The number of nitro benzene ring substituents is 1. The Labute approximate surface area is 130 Å². The highest BCUT2D eigenvalue weighted by Crippen LogP contribution is 2.24. The number of nitrogens with one attached hydrogen (secondary N) is 1. The molecule has 0 saturated heterocycles. The van der Waals surface area contributed by atoms with E-state index in [1.54, 1.807) is 31.2 Å². The first-order valence-corrected chi connectivity index (χ1v) is 7.01. The van der Waals surface area contributed by atoms with E-state index in [9.17, 15) is 14.9 Å². The van der Waals surface area contributed by atoms with Crippen molar-refractivity contribution in [2.24, 2.45) is 0 Å². The van der Waals surface area contributed by atoms with E-state index in [1.165, 1.54) is 6.07 Å². The van der Waals surface area contributed by atoms with E-state index >= 15 is 0 Å². The van der Waals surface area contributed by atoms with Crippen LogP contribution in [0.5, 0.6) is 0 Å². The fraction of sp³-hybridized carbons (Fsp3) is 0.133. The van der Waals surface area contributed by atoms with E-state index in [0.29, 0.717) is 11.3 Å². The summed E-state index contributed by atoms with van der Waals surface area (Å²) in [7, 11) is 0. The van der Waals surface area contributed by atoms with Crippen LogP contribution in [0.4, 0.5) is 11.4 Å². The predicted octanol–water partition coefficient (Wildman–Crippen LogP) is 4.23. The Kier molecular flexibility index (Phi) is 4.37. The van der Waals surface area contributed by atoms with Crippen molar-refractivity contribution in [3.63, 3.8) is 0 Å². The Morgan fingerprint density at radius 1 is 1.19 bits per heavy atom. The summed E-state index contributed by atoms with van der Waals surface area (Å²) in [4.78, 5) is 22.8. The number of benzene rings is 2. The normalized spacial score (nSPS) is 10.2. The predicted molar refractivity (Wildman–Crippen MR) is 84.7 cm³/mol. The third kappa shape index (κ3) is 3.28. The second-order valence-electron chi connectivity index (χ2n) is 4.64. The maximum atomic E-state index is 12.3. The molecule has 0 heterocycles. The van der Waals surface area contributed by atoms with Gasteiger partial charge in [-0.2, -0.15) is 0 Å². The molecule has 1 amide bonds. The van der Waals surface area contributed by atoms with Gasteiger partial charge in [-0.05, 0) is 43.2 Å². The van der Waals surface area contributed by atoms with Gasteiger partial charge in [0.05, 0.1) is 4.92 Å². The van der Waals surface area contributed by atoms with E-state index in [-0.39, 0.29) is 11.3 Å². The summed E-state index contributed by atoms with van der Waals surface area (Å²) < 4.78 is 0.933. The molecule has 5 nitrogen and oxygen atoms in total. The number of nitro groups is 1. The fourth-order valence-corrected chi connectivity index (χ4v) is 2.26. The number of aryl methyl sites for hydroxylation is 2. The van der Waals surface area contributed by atoms with Gasteiger partial charge in [-0.15, -0.1) is 0 Å². The van der Waals surface area contributed by atoms with Crippen molar-refractivity contribution in [1.82, 2.24) is 0 Å². The van der Waals surface area contributed by atoms with Gasteiger partial charge in [-0.1, -0.05) is 28.1 Å². The summed E-state index contributed by atoms with van der Waals surface area (Å²) in [6, 6.07) is 9.92. The topological polar surface area (TPSA) is 72.2 Å². The van der Waals surface area contributed by atoms with E-state index in [4.69, 9.17) is 0 Å². The molecule has 0 spiro atoms. The van der Waals surface area contributed by atoms with E-state index in [2.05, 4.69) is 21.2 Å². The van der Waals surface area contributed by atoms with Gasteiger partial charge in [0.25, 0.3) is 11.6 Å². The third-order valence-electron chi connectivity index (χ3n) is 3.09. The van der Waals surface area contributed by atoms with Crippen molar-refractivity contribution in [2.45, 2.75) is 13.8 Å². The lowest BCUT2D eigenvalue weighted by molar-refractivity contribution is -0.385. The van der Waals surface area contributed by atoms with Crippen LogP contribution < -0.4 is 5.32 Å². The Morgan fingerprint density at radius 3 is 2.52 bits per heavy atom. The van der Waals surface area contributed by atoms with Gasteiger partial charge in [0, 0.05) is 16.2 Å². The Balaban J connectivity index is 2.36. The van der Waals surface area contributed by atoms with Crippen LogP contribution in [0.25, 0.3) is 0 Å². The second kappa shape index (κ2) is 6.05. The number of nitrogens with zero attached hydrogens (tertiary/aromatic N) is 1. The summed E-state index contributed by atoms with van der Waals surface area (Å²) in [5.41, 5.74) is 2.02. The zero-order chi connectivity index (χ0) is 15.6. The van der Waals surface area contributed by atoms with Gasteiger partial charge in [-0.3, -0.25) is 14.9 Å². The second-order valence-corrected chi connectivity index (χ2v) is 5.50. The summed E-state index contributed by atoms with van der Waals surface area (Å²) in [5, 5.41) is 13.7. The number of halogens is 1. The van der Waals surface area contributed by atoms with Crippen molar-refractivity contribution in [1.29, 1.82) is 0 Å². The zero-order valence-electron chi connectivity index (χ0n) is 11.5. The molecule has 0 unspecified atom stereocenters. The van der Waals surface area contributed by atoms with Gasteiger partial charge >= 0.3 is 0 Å². The number of amides is 1. The fourth-order valence-electron chi connectivity index (χ4n) is 2.02. The molecular formula is C15H13BrN2O3. The van der Waals surface area contributed by atoms with Crippen molar-refractivity contribution in [3.05, 3.63) is 67.7 Å². The number of anilines is 1. The Bertz CT molecular complexity index is 729. The highest BCUT2D eigenvalue weighted by atomic mass is 79.9. The molecule has 2 rings (SSSR count). The number of carbonyl (C=O) groups excluding carboxylic acids is 1. The third-order valence-corrected chi connectivity index (χ3v) is 3.98. The van der Waals surface area contributed by atoms with Crippen LogP contribution in [0.1, 0.15) is 21.5 Å². The molecule has 0 fully saturated rings. The van der Waals surface area contributed by atoms with Crippen LogP contribution in [0.2, 0.25) is 0 Å². The van der Waals surface area contributed by atoms with Gasteiger partial charge in [0.15, 0.2) is 0 Å². The molecular weight excluding hydrogens is 336 g/mol. The molecule has 2 aromatic carbocycles. The van der Waals surface area contributed by atoms with Gasteiger partial charge in [0.1, 0.15) is 5.56 Å². The molecule has 0 aromatic heterocycles. The summed E-state index contributed by atoms with van der Waals surface area (Å²) >= 11 is 3.38. The molecule has 0 aliphatic rings. The average molecular weight is 349 g/mol. The van der Waals surface area contributed by atoms with Crippen molar-refractivity contribution in [3.8, 4) is 0 Å². The summed E-state index contributed by atoms with van der Waals surface area (Å²) in [6.45, 7) is 3.57. The molecule has 0 aliphatic heterocycles. The van der Waals surface area contributed by atoms with Crippen LogP contribution in [0.3, 0.4) is 0 Å². The van der Waals surface area contributed by atoms with Crippen molar-refractivity contribution >= 4 is 33.2 Å². The van der Waals surface area contributed by atoms with Crippen molar-refractivity contribution in [2.75, 3.05) is 5.32 Å². The van der Waals surface area contributed by atoms with E-state index < -0.39 is 10.8 Å². The quantitative estimate of drug-likeness (QED) is 0.666. The molecule has 21 heavy (non-hydrogen) atoms. The SMILES string of the molecule is Cc1cc(NC(=O)c2c(C)cccc2[N+](=O)[O-])ccc1Br. The number of rotatable bonds is 3. The summed E-state index contributed by atoms with van der Waals surface area (Å²) in [6.07, 6.45) is 0. The minimum absolute atomic E-state index is 0.0862. The first-order chi connectivity index (χ1) is 9.90. The average Bonchev–Trinajstić information content (AvgIpc) is 2.42. The van der Waals surface area contributed by atoms with Gasteiger partial charge < -0.3 is 5.32 Å². The van der Waals surface area contributed by atoms with Crippen LogP contribution in [-0.4, -0.2) is 10.8 Å².